The molecule has 1 aliphatic rings. The summed E-state index contributed by atoms with van der Waals surface area (Å²) >= 11 is 0. The SMILES string of the molecule is CC(C)(C)c1cccc2nc3c(nc12)C(C)(C)c1cccc2cc[c-]c-3c12.CCC(CC)C(=O)/C=C(\O)C(CC)CC.[Ir]. The number of aliphatic hydroxyl groups is 1. The van der Waals surface area contributed by atoms with Crippen LogP contribution in [-0.2, 0) is 35.7 Å². The van der Waals surface area contributed by atoms with E-state index in [2.05, 4.69) is 83.1 Å². The van der Waals surface area contributed by atoms with E-state index in [0.717, 1.165) is 53.7 Å². The molecule has 0 saturated carbocycles. The molecule has 0 bridgehead atoms. The van der Waals surface area contributed by atoms with E-state index in [0.29, 0.717) is 0 Å². The van der Waals surface area contributed by atoms with Gasteiger partial charge in [-0.05, 0) is 42.7 Å². The first-order valence-electron chi connectivity index (χ1n) is 15.6. The number of hydrogen-bond donors (Lipinski definition) is 1. The Bertz CT molecular complexity index is 1620. The topological polar surface area (TPSA) is 63.1 Å². The van der Waals surface area contributed by atoms with Crippen LogP contribution in [0.1, 0.15) is 105 Å². The van der Waals surface area contributed by atoms with Crippen LogP contribution in [0.3, 0.4) is 0 Å². The maximum Gasteiger partial charge on any atom is 0.162 e. The smallest absolute Gasteiger partial charge is 0.162 e. The van der Waals surface area contributed by atoms with Crippen LogP contribution in [-0.4, -0.2) is 20.9 Å². The molecule has 0 saturated heterocycles. The maximum absolute atomic E-state index is 11.7. The number of ketones is 1. The summed E-state index contributed by atoms with van der Waals surface area (Å²) < 4.78 is 0. The minimum atomic E-state index is -0.205. The Balaban J connectivity index is 0.000000274. The number of aromatic nitrogens is 2. The van der Waals surface area contributed by atoms with Gasteiger partial charge in [0.2, 0.25) is 0 Å². The van der Waals surface area contributed by atoms with E-state index in [4.69, 9.17) is 9.97 Å². The summed E-state index contributed by atoms with van der Waals surface area (Å²) in [5.74, 6) is 0.547. The van der Waals surface area contributed by atoms with Crippen molar-refractivity contribution in [2.75, 3.05) is 0 Å². The van der Waals surface area contributed by atoms with E-state index in [-0.39, 0.29) is 54.3 Å². The van der Waals surface area contributed by atoms with E-state index in [1.165, 1.54) is 28.0 Å². The maximum atomic E-state index is 11.7. The molecule has 1 heterocycles. The number of rotatable bonds is 7. The predicted octanol–water partition coefficient (Wildman–Crippen LogP) is 10.1. The Morgan fingerprint density at radius 3 is 2.16 bits per heavy atom. The van der Waals surface area contributed by atoms with Gasteiger partial charge >= 0.3 is 0 Å². The van der Waals surface area contributed by atoms with Crippen molar-refractivity contribution >= 4 is 27.6 Å². The number of fused-ring (bicyclic) bond motifs is 3. The van der Waals surface area contributed by atoms with Crippen molar-refractivity contribution in [3.05, 3.63) is 83.3 Å². The van der Waals surface area contributed by atoms with Crippen molar-refractivity contribution in [2.45, 2.75) is 98.8 Å². The Labute approximate surface area is 271 Å². The molecule has 0 aliphatic heterocycles. The largest absolute Gasteiger partial charge is 0.512 e. The summed E-state index contributed by atoms with van der Waals surface area (Å²) in [5.41, 5.74) is 7.44. The van der Waals surface area contributed by atoms with Gasteiger partial charge in [0.05, 0.1) is 16.8 Å². The number of aliphatic hydroxyl groups excluding tert-OH is 1. The van der Waals surface area contributed by atoms with Crippen molar-refractivity contribution in [1.29, 1.82) is 0 Å². The molecular weight excluding hydrogens is 709 g/mol. The number of nitrogens with zero attached hydrogens (tertiary/aromatic N) is 2. The molecule has 0 amide bonds. The number of hydrogen-bond acceptors (Lipinski definition) is 4. The Morgan fingerprint density at radius 2 is 1.56 bits per heavy atom. The van der Waals surface area contributed by atoms with Crippen molar-refractivity contribution in [1.82, 2.24) is 9.97 Å². The third-order valence-electron chi connectivity index (χ3n) is 8.92. The molecule has 4 nitrogen and oxygen atoms in total. The van der Waals surface area contributed by atoms with Gasteiger partial charge in [-0.25, -0.2) is 0 Å². The summed E-state index contributed by atoms with van der Waals surface area (Å²) in [4.78, 5) is 22.1. The van der Waals surface area contributed by atoms with Crippen LogP contribution < -0.4 is 0 Å². The third kappa shape index (κ3) is 6.79. The fourth-order valence-corrected chi connectivity index (χ4v) is 6.18. The summed E-state index contributed by atoms with van der Waals surface area (Å²) in [6.07, 6.45) is 4.91. The molecule has 0 atom stereocenters. The Morgan fingerprint density at radius 1 is 0.930 bits per heavy atom. The molecule has 43 heavy (non-hydrogen) atoms. The normalized spacial score (nSPS) is 13.9. The van der Waals surface area contributed by atoms with Gasteiger partial charge in [0.15, 0.2) is 5.78 Å². The Hall–Kier alpha value is -2.88. The Kier molecular flexibility index (Phi) is 11.1. The van der Waals surface area contributed by atoms with Crippen LogP contribution >= 0.6 is 0 Å². The minimum Gasteiger partial charge on any atom is -0.512 e. The van der Waals surface area contributed by atoms with Gasteiger partial charge in [-0.2, -0.15) is 0 Å². The molecule has 1 aromatic heterocycles. The second-order valence-corrected chi connectivity index (χ2v) is 13.1. The molecule has 1 N–H and O–H groups in total. The van der Waals surface area contributed by atoms with Crippen LogP contribution in [0.15, 0.2) is 60.4 Å². The fourth-order valence-electron chi connectivity index (χ4n) is 6.18. The summed E-state index contributed by atoms with van der Waals surface area (Å²) in [5, 5.41) is 12.3. The molecule has 1 radical (unpaired) electrons. The first kappa shape index (κ1) is 34.6. The average molecular weight is 756 g/mol. The van der Waals surface area contributed by atoms with Crippen LogP contribution in [0, 0.1) is 17.9 Å². The third-order valence-corrected chi connectivity index (χ3v) is 8.92. The molecule has 1 aliphatic carbocycles. The molecule has 5 heteroatoms. The predicted molar refractivity (Wildman–Crippen MR) is 176 cm³/mol. The zero-order valence-corrected chi connectivity index (χ0v) is 29.7. The minimum absolute atomic E-state index is 0. The van der Waals surface area contributed by atoms with Gasteiger partial charge in [-0.15, -0.1) is 29.1 Å². The summed E-state index contributed by atoms with van der Waals surface area (Å²) in [6.45, 7) is 19.3. The van der Waals surface area contributed by atoms with Crippen molar-refractivity contribution in [3.63, 3.8) is 0 Å². The van der Waals surface area contributed by atoms with Gasteiger partial charge in [-0.3, -0.25) is 14.8 Å². The zero-order chi connectivity index (χ0) is 30.8. The van der Waals surface area contributed by atoms with Gasteiger partial charge in [-0.1, -0.05) is 104 Å². The molecule has 3 aromatic carbocycles. The molecule has 0 spiro atoms. The van der Waals surface area contributed by atoms with Crippen LogP contribution in [0.2, 0.25) is 0 Å². The number of allylic oxidation sites excluding steroid dienone is 2. The molecule has 4 aromatic rings. The van der Waals surface area contributed by atoms with Gasteiger partial charge in [0.25, 0.3) is 0 Å². The zero-order valence-electron chi connectivity index (χ0n) is 27.3. The van der Waals surface area contributed by atoms with Gasteiger partial charge in [0.1, 0.15) is 0 Å². The van der Waals surface area contributed by atoms with E-state index in [9.17, 15) is 9.90 Å². The van der Waals surface area contributed by atoms with E-state index in [1.54, 1.807) is 0 Å². The second-order valence-electron chi connectivity index (χ2n) is 13.1. The molecule has 0 fully saturated rings. The molecular formula is C38H47IrN2O2-. The summed E-state index contributed by atoms with van der Waals surface area (Å²) in [7, 11) is 0. The van der Waals surface area contributed by atoms with Crippen molar-refractivity contribution < 1.29 is 30.0 Å². The first-order valence-corrected chi connectivity index (χ1v) is 15.6. The van der Waals surface area contributed by atoms with Crippen molar-refractivity contribution in [2.24, 2.45) is 11.8 Å². The van der Waals surface area contributed by atoms with Crippen molar-refractivity contribution in [3.8, 4) is 11.3 Å². The second kappa shape index (κ2) is 13.8. The molecule has 0 unspecified atom stereocenters. The summed E-state index contributed by atoms with van der Waals surface area (Å²) in [6, 6.07) is 20.5. The van der Waals surface area contributed by atoms with E-state index < -0.39 is 0 Å². The molecule has 231 valence electrons. The molecule has 5 rings (SSSR count). The first-order chi connectivity index (χ1) is 19.9. The van der Waals surface area contributed by atoms with E-state index in [1.807, 2.05) is 33.8 Å². The quantitative estimate of drug-likeness (QED) is 0.116. The standard InChI is InChI=1S/C25H23N2.C13H24O2.Ir/c1-24(2,3)18-13-8-14-19-22(18)27-23-21(26-19)16-11-6-9-15-10-7-12-17(20(15)16)25(23,4)5;1-5-10(6-2)12(14)9-13(15)11(7-3)8-4;/h6-10,12-14H,1-5H3;9-11,14H,5-8H2,1-4H3;/q-1;;/b;12-9-;. The number of benzene rings is 3. The monoisotopic (exact) mass is 756 g/mol. The van der Waals surface area contributed by atoms with E-state index >= 15 is 0 Å². The number of para-hydroxylation sites is 1. The van der Waals surface area contributed by atoms with Gasteiger partial charge in [0, 0.05) is 54.8 Å². The number of carbonyl (C=O) groups is 1. The average Bonchev–Trinajstić information content (AvgIpc) is 2.96. The van der Waals surface area contributed by atoms with Gasteiger partial charge < -0.3 is 5.11 Å². The fraction of sp³-hybridized carbons (Fsp3) is 0.447. The number of carbonyl (C=O) groups excluding carboxylic acids is 1. The van der Waals surface area contributed by atoms with Crippen LogP contribution in [0.5, 0.6) is 0 Å². The van der Waals surface area contributed by atoms with Crippen LogP contribution in [0.4, 0.5) is 0 Å². The van der Waals surface area contributed by atoms with Crippen LogP contribution in [0.25, 0.3) is 33.1 Å².